The first-order valence-electron chi connectivity index (χ1n) is 26.0. The van der Waals surface area contributed by atoms with Gasteiger partial charge in [0.1, 0.15) is 0 Å². The van der Waals surface area contributed by atoms with E-state index in [4.69, 9.17) is 15.7 Å². The van der Waals surface area contributed by atoms with Crippen LogP contribution >= 0.6 is 0 Å². The minimum absolute atomic E-state index is 0.171. The zero-order valence-electron chi connectivity index (χ0n) is 43.0. The molecule has 0 fully saturated rings. The van der Waals surface area contributed by atoms with Gasteiger partial charge in [-0.1, -0.05) is 187 Å². The van der Waals surface area contributed by atoms with E-state index in [0.29, 0.717) is 12.4 Å². The van der Waals surface area contributed by atoms with Gasteiger partial charge >= 0.3 is 0 Å². The highest BCUT2D eigenvalue weighted by molar-refractivity contribution is 6.03. The molecule has 3 aliphatic carbocycles. The highest BCUT2D eigenvalue weighted by atomic mass is 15.2. The first kappa shape index (κ1) is 48.5. The van der Waals surface area contributed by atoms with Crippen molar-refractivity contribution in [1.29, 1.82) is 0 Å². The Balaban J connectivity index is 0.00000302. The molecule has 5 heteroatoms. The maximum atomic E-state index is 6.45. The summed E-state index contributed by atoms with van der Waals surface area (Å²) in [5, 5.41) is 1.21. The number of allylic oxidation sites excluding steroid dienone is 13. The van der Waals surface area contributed by atoms with E-state index < -0.39 is 0 Å². The van der Waals surface area contributed by atoms with Crippen molar-refractivity contribution < 1.29 is 0 Å². The monoisotopic (exact) mass is 952 g/mol. The summed E-state index contributed by atoms with van der Waals surface area (Å²) >= 11 is 0. The molecule has 0 atom stereocenters. The van der Waals surface area contributed by atoms with Crippen molar-refractivity contribution in [3.63, 3.8) is 0 Å². The van der Waals surface area contributed by atoms with Crippen molar-refractivity contribution in [2.24, 2.45) is 5.73 Å². The number of aromatic nitrogens is 3. The van der Waals surface area contributed by atoms with Crippen LogP contribution in [0.25, 0.3) is 79.9 Å². The van der Waals surface area contributed by atoms with Gasteiger partial charge in [-0.2, -0.15) is 0 Å². The molecule has 5 nitrogen and oxygen atoms in total. The summed E-state index contributed by atoms with van der Waals surface area (Å²) in [6.45, 7) is 19.5. The Labute approximate surface area is 432 Å². The molecule has 11 rings (SSSR count). The topological polar surface area (TPSA) is 60.0 Å². The van der Waals surface area contributed by atoms with E-state index in [1.807, 2.05) is 50.3 Å². The number of rotatable bonds is 11. The Morgan fingerprint density at radius 1 is 0.712 bits per heavy atom. The molecule has 7 aromatic rings. The predicted octanol–water partition coefficient (Wildman–Crippen LogP) is 17.2. The summed E-state index contributed by atoms with van der Waals surface area (Å²) in [6.07, 6.45) is 33.6. The maximum Gasteiger partial charge on any atom is 0.160 e. The van der Waals surface area contributed by atoms with Gasteiger partial charge in [0.05, 0.1) is 16.9 Å². The van der Waals surface area contributed by atoms with Crippen molar-refractivity contribution in [1.82, 2.24) is 14.5 Å². The van der Waals surface area contributed by atoms with E-state index >= 15 is 0 Å². The Bertz CT molecular complexity index is 3540. The van der Waals surface area contributed by atoms with E-state index in [9.17, 15) is 0 Å². The Kier molecular flexibility index (Phi) is 13.9. The number of nitrogens with zero attached hydrogens (tertiary/aromatic N) is 4. The average Bonchev–Trinajstić information content (AvgIpc) is 3.61. The number of anilines is 1. The quantitative estimate of drug-likeness (QED) is 0.131. The predicted molar refractivity (Wildman–Crippen MR) is 313 cm³/mol. The van der Waals surface area contributed by atoms with Crippen LogP contribution in [-0.4, -0.2) is 21.1 Å². The molecule has 0 radical (unpaired) electrons. The molecule has 0 saturated heterocycles. The first-order chi connectivity index (χ1) is 35.8. The third-order valence-corrected chi connectivity index (χ3v) is 14.7. The summed E-state index contributed by atoms with van der Waals surface area (Å²) in [7, 11) is 0. The van der Waals surface area contributed by atoms with Crippen LogP contribution in [0.15, 0.2) is 206 Å². The molecule has 0 amide bonds. The van der Waals surface area contributed by atoms with Crippen LogP contribution in [0.1, 0.15) is 99.4 Å². The second kappa shape index (κ2) is 20.9. The summed E-state index contributed by atoms with van der Waals surface area (Å²) in [4.78, 5) is 12.8. The smallest absolute Gasteiger partial charge is 0.160 e. The molecule has 3 heterocycles. The van der Waals surface area contributed by atoms with Crippen LogP contribution < -0.4 is 10.6 Å². The minimum atomic E-state index is -0.171. The van der Waals surface area contributed by atoms with Gasteiger partial charge in [0.15, 0.2) is 5.82 Å². The molecule has 5 aromatic carbocycles. The molecular formula is C68H65N5. The number of nitrogens with two attached hydrogens (primary N) is 1. The lowest BCUT2D eigenvalue weighted by molar-refractivity contribution is 0.567. The fourth-order valence-electron chi connectivity index (χ4n) is 11.2. The van der Waals surface area contributed by atoms with Crippen LogP contribution in [0.4, 0.5) is 5.69 Å². The van der Waals surface area contributed by atoms with Crippen molar-refractivity contribution in [3.8, 4) is 39.6 Å². The third-order valence-electron chi connectivity index (χ3n) is 14.7. The molecule has 362 valence electrons. The number of hydrogen-bond acceptors (Lipinski definition) is 4. The van der Waals surface area contributed by atoms with Crippen LogP contribution in [-0.2, 0) is 11.8 Å². The second-order valence-electron chi connectivity index (χ2n) is 19.2. The molecular weight excluding hydrogens is 887 g/mol. The standard InChI is InChI=1S/C66H59N5.C2H6/c1-6-18-53(43-67)71-61-27-16-15-26-56(61)66(4,5)57-41-50(35-38-62(57)71)47-32-36-55-60(37-34-47)70(63-39-33-44(8-3)54(19-7-2)64(55)63)52-25-17-24-51(40-52)59-42-58(68-65(69-59)49-22-13-10-14-23-49)48-30-28-46(29-31-48)45-20-11-9-12-21-45;1-2/h6-8,10-11,13-14,16-25,27-36,38-42H,1,3,9,12,15,26,37,43,67H2,2,4-5H3;1-2H3/b19-7-,53-18+;. The molecule has 0 unspecified atom stereocenters. The molecule has 73 heavy (non-hydrogen) atoms. The molecule has 2 N–H and O–H groups in total. The maximum absolute atomic E-state index is 6.45. The fourth-order valence-corrected chi connectivity index (χ4v) is 11.2. The Morgan fingerprint density at radius 2 is 1.45 bits per heavy atom. The van der Waals surface area contributed by atoms with Gasteiger partial charge in [-0.15, -0.1) is 0 Å². The normalized spacial score (nSPS) is 15.8. The van der Waals surface area contributed by atoms with Crippen LogP contribution in [0, 0.1) is 0 Å². The van der Waals surface area contributed by atoms with Crippen molar-refractivity contribution in [2.75, 3.05) is 11.4 Å². The van der Waals surface area contributed by atoms with E-state index in [2.05, 4.69) is 201 Å². The Hall–Kier alpha value is -8.12. The fraction of sp³-hybridized carbons (Fsp3) is 0.176. The van der Waals surface area contributed by atoms with E-state index in [1.165, 1.54) is 67.0 Å². The van der Waals surface area contributed by atoms with Crippen LogP contribution in [0.5, 0.6) is 0 Å². The lowest BCUT2D eigenvalue weighted by Gasteiger charge is -2.45. The molecule has 4 aliphatic rings. The first-order valence-corrected chi connectivity index (χ1v) is 26.0. The largest absolute Gasteiger partial charge is 0.325 e. The van der Waals surface area contributed by atoms with Gasteiger partial charge in [-0.05, 0) is 126 Å². The van der Waals surface area contributed by atoms with Gasteiger partial charge in [0, 0.05) is 74.5 Å². The molecule has 0 saturated carbocycles. The van der Waals surface area contributed by atoms with Gasteiger partial charge < -0.3 is 15.2 Å². The summed E-state index contributed by atoms with van der Waals surface area (Å²) < 4.78 is 2.46. The highest BCUT2D eigenvalue weighted by Gasteiger charge is 2.39. The highest BCUT2D eigenvalue weighted by Crippen LogP contribution is 2.51. The number of benzene rings is 5. The average molecular weight is 952 g/mol. The van der Waals surface area contributed by atoms with Crippen molar-refractivity contribution in [3.05, 3.63) is 245 Å². The van der Waals surface area contributed by atoms with Crippen molar-refractivity contribution >= 4 is 46.0 Å². The van der Waals surface area contributed by atoms with Gasteiger partial charge in [0.25, 0.3) is 0 Å². The SMILES string of the molecule is C=C/C=C(\CN)N1C2=C(CCC=C2)C(C)(C)c2cc(C3=CCc4c(c5c(/C=C\C)c(C=C)ccc5n4-c4cccc(-c5cc(-c6ccc(C7=CCCC=C7)cc6)nc(-c6ccccc6)n5)c4)C=C3)ccc21.CC. The summed E-state index contributed by atoms with van der Waals surface area (Å²) in [5.41, 5.74) is 29.0. The molecule has 0 bridgehead atoms. The third kappa shape index (κ3) is 9.00. The van der Waals surface area contributed by atoms with Gasteiger partial charge in [-0.25, -0.2) is 9.97 Å². The van der Waals surface area contributed by atoms with E-state index in [1.54, 1.807) is 0 Å². The molecule has 2 aromatic heterocycles. The van der Waals surface area contributed by atoms with Crippen LogP contribution in [0.2, 0.25) is 0 Å². The number of hydrogen-bond donors (Lipinski definition) is 1. The minimum Gasteiger partial charge on any atom is -0.325 e. The van der Waals surface area contributed by atoms with Crippen LogP contribution in [0.3, 0.4) is 0 Å². The summed E-state index contributed by atoms with van der Waals surface area (Å²) in [6, 6.07) is 41.5. The van der Waals surface area contributed by atoms with Crippen molar-refractivity contribution in [2.45, 2.75) is 72.1 Å². The molecule has 0 spiro atoms. The lowest BCUT2D eigenvalue weighted by atomic mass is 9.70. The second-order valence-corrected chi connectivity index (χ2v) is 19.2. The number of fused-ring (bicyclic) bond motifs is 4. The zero-order valence-corrected chi connectivity index (χ0v) is 43.0. The van der Waals surface area contributed by atoms with Gasteiger partial charge in [-0.3, -0.25) is 0 Å². The zero-order chi connectivity index (χ0) is 50.6. The lowest BCUT2D eigenvalue weighted by Crippen LogP contribution is -2.38. The summed E-state index contributed by atoms with van der Waals surface area (Å²) in [5.74, 6) is 0.695. The van der Waals surface area contributed by atoms with E-state index in [0.717, 1.165) is 82.6 Å². The Morgan fingerprint density at radius 3 is 2.19 bits per heavy atom. The molecule has 1 aliphatic heterocycles. The van der Waals surface area contributed by atoms with Gasteiger partial charge in [0.2, 0.25) is 0 Å². The van der Waals surface area contributed by atoms with E-state index in [-0.39, 0.29) is 5.41 Å².